The standard InChI is InChI=1S/C12H13FO4/c1-12(2,3)17-11(16)7-4-5-9(13)8(6-7)10(14)15/h4-6H,1-3H3,(H,14,15). The highest BCUT2D eigenvalue weighted by atomic mass is 19.1. The summed E-state index contributed by atoms with van der Waals surface area (Å²) in [5.41, 5.74) is -1.22. The van der Waals surface area contributed by atoms with Gasteiger partial charge < -0.3 is 9.84 Å². The van der Waals surface area contributed by atoms with Crippen molar-refractivity contribution in [3.05, 3.63) is 35.1 Å². The molecule has 1 aromatic rings. The summed E-state index contributed by atoms with van der Waals surface area (Å²) in [4.78, 5) is 22.3. The number of ether oxygens (including phenoxy) is 1. The van der Waals surface area contributed by atoms with Crippen molar-refractivity contribution >= 4 is 11.9 Å². The number of carbonyl (C=O) groups excluding carboxylic acids is 1. The first-order chi connectivity index (χ1) is 7.70. The summed E-state index contributed by atoms with van der Waals surface area (Å²) in [7, 11) is 0. The van der Waals surface area contributed by atoms with Crippen LogP contribution in [0, 0.1) is 5.82 Å². The van der Waals surface area contributed by atoms with Crippen LogP contribution in [0.1, 0.15) is 41.5 Å². The van der Waals surface area contributed by atoms with Gasteiger partial charge in [0.2, 0.25) is 0 Å². The van der Waals surface area contributed by atoms with E-state index in [0.29, 0.717) is 0 Å². The lowest BCUT2D eigenvalue weighted by atomic mass is 10.1. The fourth-order valence-electron chi connectivity index (χ4n) is 1.15. The van der Waals surface area contributed by atoms with Crippen LogP contribution in [0.2, 0.25) is 0 Å². The zero-order chi connectivity index (χ0) is 13.2. The molecular formula is C12H13FO4. The Labute approximate surface area is 98.0 Å². The Morgan fingerprint density at radius 1 is 1.29 bits per heavy atom. The molecule has 1 N–H and O–H groups in total. The van der Waals surface area contributed by atoms with Gasteiger partial charge in [0.05, 0.1) is 11.1 Å². The smallest absolute Gasteiger partial charge is 0.338 e. The lowest BCUT2D eigenvalue weighted by Crippen LogP contribution is -2.24. The third kappa shape index (κ3) is 3.55. The summed E-state index contributed by atoms with van der Waals surface area (Å²) >= 11 is 0. The molecule has 0 heterocycles. The van der Waals surface area contributed by atoms with Crippen molar-refractivity contribution in [2.75, 3.05) is 0 Å². The molecule has 0 aliphatic heterocycles. The maximum atomic E-state index is 13.1. The van der Waals surface area contributed by atoms with E-state index in [0.717, 1.165) is 12.1 Å². The first-order valence-electron chi connectivity index (χ1n) is 4.97. The van der Waals surface area contributed by atoms with Crippen molar-refractivity contribution < 1.29 is 23.8 Å². The molecule has 5 heteroatoms. The quantitative estimate of drug-likeness (QED) is 0.806. The summed E-state index contributed by atoms with van der Waals surface area (Å²) < 4.78 is 18.1. The highest BCUT2D eigenvalue weighted by Gasteiger charge is 2.20. The lowest BCUT2D eigenvalue weighted by Gasteiger charge is -2.19. The Hall–Kier alpha value is -1.91. The van der Waals surface area contributed by atoms with Gasteiger partial charge in [0.25, 0.3) is 0 Å². The molecule has 0 bridgehead atoms. The third-order valence-corrected chi connectivity index (χ3v) is 1.83. The van der Waals surface area contributed by atoms with E-state index in [2.05, 4.69) is 0 Å². The van der Waals surface area contributed by atoms with Gasteiger partial charge in [-0.1, -0.05) is 0 Å². The van der Waals surface area contributed by atoms with E-state index in [-0.39, 0.29) is 5.56 Å². The van der Waals surface area contributed by atoms with Gasteiger partial charge in [-0.25, -0.2) is 14.0 Å². The van der Waals surface area contributed by atoms with Crippen molar-refractivity contribution in [1.82, 2.24) is 0 Å². The summed E-state index contributed by atoms with van der Waals surface area (Å²) in [5.74, 6) is -2.99. The van der Waals surface area contributed by atoms with Crippen LogP contribution in [0.15, 0.2) is 18.2 Å². The summed E-state index contributed by atoms with van der Waals surface area (Å²) in [6.07, 6.45) is 0. The maximum Gasteiger partial charge on any atom is 0.338 e. The maximum absolute atomic E-state index is 13.1. The SMILES string of the molecule is CC(C)(C)OC(=O)c1ccc(F)c(C(=O)O)c1. The van der Waals surface area contributed by atoms with Gasteiger partial charge >= 0.3 is 11.9 Å². The molecule has 4 nitrogen and oxygen atoms in total. The minimum Gasteiger partial charge on any atom is -0.478 e. The zero-order valence-corrected chi connectivity index (χ0v) is 9.78. The molecule has 0 amide bonds. The Bertz CT molecular complexity index is 460. The summed E-state index contributed by atoms with van der Waals surface area (Å²) in [5, 5.41) is 8.71. The van der Waals surface area contributed by atoms with Crippen molar-refractivity contribution in [2.45, 2.75) is 26.4 Å². The first kappa shape index (κ1) is 13.2. The van der Waals surface area contributed by atoms with Crippen LogP contribution >= 0.6 is 0 Å². The highest BCUT2D eigenvalue weighted by Crippen LogP contribution is 2.15. The number of aromatic carboxylic acids is 1. The molecule has 0 radical (unpaired) electrons. The monoisotopic (exact) mass is 240 g/mol. The van der Waals surface area contributed by atoms with Gasteiger partial charge in [-0.05, 0) is 39.0 Å². The summed E-state index contributed by atoms with van der Waals surface area (Å²) in [6, 6.07) is 3.09. The number of esters is 1. The van der Waals surface area contributed by atoms with Crippen LogP contribution in [0.25, 0.3) is 0 Å². The van der Waals surface area contributed by atoms with E-state index in [1.807, 2.05) is 0 Å². The second-order valence-electron chi connectivity index (χ2n) is 4.50. The van der Waals surface area contributed by atoms with Gasteiger partial charge in [-0.3, -0.25) is 0 Å². The number of hydrogen-bond donors (Lipinski definition) is 1. The van der Waals surface area contributed by atoms with Crippen LogP contribution in [-0.2, 0) is 4.74 Å². The highest BCUT2D eigenvalue weighted by molar-refractivity contribution is 5.94. The Morgan fingerprint density at radius 3 is 2.35 bits per heavy atom. The average molecular weight is 240 g/mol. The molecule has 0 aliphatic rings. The van der Waals surface area contributed by atoms with E-state index in [1.165, 1.54) is 6.07 Å². The average Bonchev–Trinajstić information content (AvgIpc) is 2.14. The van der Waals surface area contributed by atoms with Crippen molar-refractivity contribution in [3.8, 4) is 0 Å². The van der Waals surface area contributed by atoms with E-state index in [1.54, 1.807) is 20.8 Å². The van der Waals surface area contributed by atoms with E-state index in [9.17, 15) is 14.0 Å². The van der Waals surface area contributed by atoms with Crippen LogP contribution < -0.4 is 0 Å². The van der Waals surface area contributed by atoms with Crippen LogP contribution in [-0.4, -0.2) is 22.6 Å². The fraction of sp³-hybridized carbons (Fsp3) is 0.333. The van der Waals surface area contributed by atoms with E-state index >= 15 is 0 Å². The predicted molar refractivity (Wildman–Crippen MR) is 58.5 cm³/mol. The summed E-state index contributed by atoms with van der Waals surface area (Å²) in [6.45, 7) is 5.06. The van der Waals surface area contributed by atoms with Crippen LogP contribution in [0.3, 0.4) is 0 Å². The second kappa shape index (κ2) is 4.53. The molecule has 0 saturated heterocycles. The molecule has 0 unspecified atom stereocenters. The molecular weight excluding hydrogens is 227 g/mol. The number of carboxylic acid groups (broad SMARTS) is 1. The number of carboxylic acids is 1. The zero-order valence-electron chi connectivity index (χ0n) is 9.78. The Kier molecular flexibility index (Phi) is 3.50. The predicted octanol–water partition coefficient (Wildman–Crippen LogP) is 2.48. The van der Waals surface area contributed by atoms with Crippen LogP contribution in [0.5, 0.6) is 0 Å². The number of benzene rings is 1. The van der Waals surface area contributed by atoms with E-state index in [4.69, 9.17) is 9.84 Å². The number of hydrogen-bond acceptors (Lipinski definition) is 3. The molecule has 92 valence electrons. The molecule has 0 spiro atoms. The Morgan fingerprint density at radius 2 is 1.88 bits per heavy atom. The normalized spacial score (nSPS) is 11.1. The van der Waals surface area contributed by atoms with Gasteiger partial charge in [-0.2, -0.15) is 0 Å². The first-order valence-corrected chi connectivity index (χ1v) is 4.97. The molecule has 0 aromatic heterocycles. The minimum atomic E-state index is -1.42. The van der Waals surface area contributed by atoms with Gasteiger partial charge in [0.15, 0.2) is 0 Å². The lowest BCUT2D eigenvalue weighted by molar-refractivity contribution is 0.00695. The third-order valence-electron chi connectivity index (χ3n) is 1.83. The molecule has 0 fully saturated rings. The molecule has 1 aromatic carbocycles. The molecule has 0 aliphatic carbocycles. The fourth-order valence-corrected chi connectivity index (χ4v) is 1.15. The topological polar surface area (TPSA) is 63.6 Å². The molecule has 1 rings (SSSR count). The van der Waals surface area contributed by atoms with Crippen LogP contribution in [0.4, 0.5) is 4.39 Å². The van der Waals surface area contributed by atoms with Crippen molar-refractivity contribution in [2.24, 2.45) is 0 Å². The molecule has 0 saturated carbocycles. The van der Waals surface area contributed by atoms with E-state index < -0.39 is 28.9 Å². The van der Waals surface area contributed by atoms with Gasteiger partial charge in [0.1, 0.15) is 11.4 Å². The van der Waals surface area contributed by atoms with Crippen molar-refractivity contribution in [3.63, 3.8) is 0 Å². The number of rotatable bonds is 2. The second-order valence-corrected chi connectivity index (χ2v) is 4.50. The molecule has 0 atom stereocenters. The largest absolute Gasteiger partial charge is 0.478 e. The number of carbonyl (C=O) groups is 2. The van der Waals surface area contributed by atoms with Gasteiger partial charge in [-0.15, -0.1) is 0 Å². The van der Waals surface area contributed by atoms with Crippen molar-refractivity contribution in [1.29, 1.82) is 0 Å². The Balaban J connectivity index is 3.04. The number of halogens is 1. The minimum absolute atomic E-state index is 0.0127. The molecule has 17 heavy (non-hydrogen) atoms. The van der Waals surface area contributed by atoms with Gasteiger partial charge in [0, 0.05) is 0 Å².